The third-order valence-electron chi connectivity index (χ3n) is 2.20. The Hall–Kier alpha value is -1.13. The molecule has 0 aliphatic carbocycles. The van der Waals surface area contributed by atoms with Crippen molar-refractivity contribution in [2.75, 3.05) is 32.2 Å². The highest BCUT2D eigenvalue weighted by Crippen LogP contribution is 2.14. The molecule has 1 aromatic rings. The van der Waals surface area contributed by atoms with E-state index in [0.717, 1.165) is 17.8 Å². The summed E-state index contributed by atoms with van der Waals surface area (Å²) in [5.74, 6) is 0. The summed E-state index contributed by atoms with van der Waals surface area (Å²) in [4.78, 5) is 2.53. The molecule has 0 radical (unpaired) electrons. The topological polar surface area (TPSA) is 38.5 Å². The van der Waals surface area contributed by atoms with Crippen LogP contribution in [0.4, 0.5) is 5.69 Å². The Balaban J connectivity index is 2.76. The number of ether oxygens (including phenoxy) is 1. The molecule has 1 aromatic carbocycles. The fourth-order valence-corrected chi connectivity index (χ4v) is 1.38. The van der Waals surface area contributed by atoms with Gasteiger partial charge in [0.15, 0.2) is 0 Å². The minimum absolute atomic E-state index is 0.428. The number of rotatable bonds is 5. The monoisotopic (exact) mass is 224 g/mol. The molecule has 0 aromatic heterocycles. The lowest BCUT2D eigenvalue weighted by Crippen LogP contribution is -2.22. The minimum atomic E-state index is 0.428. The van der Waals surface area contributed by atoms with Crippen molar-refractivity contribution in [3.05, 3.63) is 29.8 Å². The maximum atomic E-state index is 5.57. The van der Waals surface area contributed by atoms with Gasteiger partial charge >= 0.3 is 0 Å². The van der Waals surface area contributed by atoms with E-state index in [1.165, 1.54) is 0 Å². The molecule has 4 heteroatoms. The molecule has 0 atom stereocenters. The van der Waals surface area contributed by atoms with Gasteiger partial charge in [-0.3, -0.25) is 0 Å². The van der Waals surface area contributed by atoms with Gasteiger partial charge in [-0.2, -0.15) is 0 Å². The number of methoxy groups -OCH3 is 1. The van der Waals surface area contributed by atoms with E-state index >= 15 is 0 Å². The van der Waals surface area contributed by atoms with Crippen LogP contribution in [0.2, 0.25) is 0 Å². The second kappa shape index (κ2) is 5.68. The summed E-state index contributed by atoms with van der Waals surface area (Å²) < 4.78 is 5.02. The van der Waals surface area contributed by atoms with Gasteiger partial charge in [-0.25, -0.2) is 0 Å². The van der Waals surface area contributed by atoms with E-state index in [0.29, 0.717) is 11.6 Å². The quantitative estimate of drug-likeness (QED) is 0.767. The van der Waals surface area contributed by atoms with Crippen LogP contribution in [-0.4, -0.2) is 32.3 Å². The Morgan fingerprint density at radius 2 is 2.27 bits per heavy atom. The number of nitrogens with zero attached hydrogens (tertiary/aromatic N) is 1. The molecule has 2 N–H and O–H groups in total. The van der Waals surface area contributed by atoms with E-state index in [1.807, 2.05) is 31.3 Å². The average Bonchev–Trinajstić information content (AvgIpc) is 2.26. The van der Waals surface area contributed by atoms with Crippen molar-refractivity contribution < 1.29 is 4.74 Å². The van der Waals surface area contributed by atoms with Gasteiger partial charge in [0.1, 0.15) is 4.99 Å². The van der Waals surface area contributed by atoms with Crippen LogP contribution in [0.3, 0.4) is 0 Å². The fraction of sp³-hybridized carbons (Fsp3) is 0.364. The van der Waals surface area contributed by atoms with Crippen LogP contribution in [-0.2, 0) is 4.74 Å². The first kappa shape index (κ1) is 11.9. The van der Waals surface area contributed by atoms with Crippen LogP contribution in [0.25, 0.3) is 0 Å². The second-order valence-corrected chi connectivity index (χ2v) is 3.77. The van der Waals surface area contributed by atoms with Crippen LogP contribution in [0, 0.1) is 0 Å². The summed E-state index contributed by atoms with van der Waals surface area (Å²) in [5, 5.41) is 0. The second-order valence-electron chi connectivity index (χ2n) is 3.33. The average molecular weight is 224 g/mol. The Kier molecular flexibility index (Phi) is 4.52. The van der Waals surface area contributed by atoms with Gasteiger partial charge in [0.25, 0.3) is 0 Å². The third-order valence-corrected chi connectivity index (χ3v) is 2.44. The highest BCUT2D eigenvalue weighted by molar-refractivity contribution is 7.80. The number of hydrogen-bond acceptors (Lipinski definition) is 3. The highest BCUT2D eigenvalue weighted by atomic mass is 32.1. The lowest BCUT2D eigenvalue weighted by Gasteiger charge is -2.19. The van der Waals surface area contributed by atoms with Gasteiger partial charge in [0, 0.05) is 32.0 Å². The van der Waals surface area contributed by atoms with Crippen LogP contribution in [0.5, 0.6) is 0 Å². The summed E-state index contributed by atoms with van der Waals surface area (Å²) >= 11 is 4.93. The number of nitrogens with two attached hydrogens (primary N) is 1. The van der Waals surface area contributed by atoms with Gasteiger partial charge in [0.2, 0.25) is 0 Å². The van der Waals surface area contributed by atoms with E-state index in [1.54, 1.807) is 7.11 Å². The maximum absolute atomic E-state index is 5.57. The van der Waals surface area contributed by atoms with Gasteiger partial charge in [-0.15, -0.1) is 0 Å². The molecular formula is C11H16N2OS. The highest BCUT2D eigenvalue weighted by Gasteiger charge is 2.02. The van der Waals surface area contributed by atoms with Crippen molar-refractivity contribution >= 4 is 22.9 Å². The molecule has 0 saturated heterocycles. The molecule has 0 amide bonds. The van der Waals surface area contributed by atoms with Crippen LogP contribution in [0.1, 0.15) is 5.56 Å². The molecule has 1 rings (SSSR count). The molecule has 0 fully saturated rings. The standard InChI is InChI=1S/C11H16N2OS/c1-13(6-7-14-2)10-5-3-4-9(8-10)11(12)15/h3-5,8H,6-7H2,1-2H3,(H2,12,15). The molecule has 0 aliphatic heterocycles. The molecule has 15 heavy (non-hydrogen) atoms. The summed E-state index contributed by atoms with van der Waals surface area (Å²) in [6, 6.07) is 7.87. The van der Waals surface area contributed by atoms with Crippen molar-refractivity contribution in [2.24, 2.45) is 5.73 Å². The molecule has 0 bridgehead atoms. The predicted molar refractivity (Wildman–Crippen MR) is 67.5 cm³/mol. The smallest absolute Gasteiger partial charge is 0.104 e. The van der Waals surface area contributed by atoms with Crippen LogP contribution >= 0.6 is 12.2 Å². The molecule has 0 heterocycles. The van der Waals surface area contributed by atoms with E-state index in [2.05, 4.69) is 4.90 Å². The zero-order valence-corrected chi connectivity index (χ0v) is 9.88. The summed E-state index contributed by atoms with van der Waals surface area (Å²) in [6.07, 6.45) is 0. The van der Waals surface area contributed by atoms with E-state index in [4.69, 9.17) is 22.7 Å². The lowest BCUT2D eigenvalue weighted by molar-refractivity contribution is 0.206. The molecule has 0 spiro atoms. The summed E-state index contributed by atoms with van der Waals surface area (Å²) in [5.41, 5.74) is 7.56. The molecule has 3 nitrogen and oxygen atoms in total. The Morgan fingerprint density at radius 1 is 1.53 bits per heavy atom. The number of hydrogen-bond donors (Lipinski definition) is 1. The first-order valence-corrected chi connectivity index (χ1v) is 5.16. The molecule has 0 aliphatic rings. The lowest BCUT2D eigenvalue weighted by atomic mass is 10.2. The van der Waals surface area contributed by atoms with Gasteiger partial charge in [-0.1, -0.05) is 24.4 Å². The fourth-order valence-electron chi connectivity index (χ4n) is 1.25. The first-order valence-electron chi connectivity index (χ1n) is 4.75. The largest absolute Gasteiger partial charge is 0.389 e. The van der Waals surface area contributed by atoms with E-state index < -0.39 is 0 Å². The SMILES string of the molecule is COCCN(C)c1cccc(C(N)=S)c1. The number of likely N-dealkylation sites (N-methyl/N-ethyl adjacent to an activating group) is 1. The molecule has 0 unspecified atom stereocenters. The van der Waals surface area contributed by atoms with Gasteiger partial charge in [0.05, 0.1) is 6.61 Å². The molecule has 0 saturated carbocycles. The molecular weight excluding hydrogens is 208 g/mol. The normalized spacial score (nSPS) is 10.0. The zero-order chi connectivity index (χ0) is 11.3. The van der Waals surface area contributed by atoms with Crippen molar-refractivity contribution in [1.29, 1.82) is 0 Å². The van der Waals surface area contributed by atoms with Gasteiger partial charge < -0.3 is 15.4 Å². The minimum Gasteiger partial charge on any atom is -0.389 e. The Bertz CT molecular complexity index is 341. The van der Waals surface area contributed by atoms with Crippen molar-refractivity contribution in [3.8, 4) is 0 Å². The third kappa shape index (κ3) is 3.49. The van der Waals surface area contributed by atoms with Crippen molar-refractivity contribution in [3.63, 3.8) is 0 Å². The zero-order valence-electron chi connectivity index (χ0n) is 9.06. The number of benzene rings is 1. The maximum Gasteiger partial charge on any atom is 0.104 e. The van der Waals surface area contributed by atoms with Crippen LogP contribution < -0.4 is 10.6 Å². The Labute approximate surface area is 95.8 Å². The summed E-state index contributed by atoms with van der Waals surface area (Å²) in [6.45, 7) is 1.55. The molecule has 82 valence electrons. The van der Waals surface area contributed by atoms with Crippen molar-refractivity contribution in [1.82, 2.24) is 0 Å². The predicted octanol–water partition coefficient (Wildman–Crippen LogP) is 1.40. The Morgan fingerprint density at radius 3 is 2.87 bits per heavy atom. The van der Waals surface area contributed by atoms with Crippen LogP contribution in [0.15, 0.2) is 24.3 Å². The van der Waals surface area contributed by atoms with Gasteiger partial charge in [-0.05, 0) is 12.1 Å². The summed E-state index contributed by atoms with van der Waals surface area (Å²) in [7, 11) is 3.71. The van der Waals surface area contributed by atoms with E-state index in [9.17, 15) is 0 Å². The number of anilines is 1. The van der Waals surface area contributed by atoms with E-state index in [-0.39, 0.29) is 0 Å². The first-order chi connectivity index (χ1) is 7.15. The van der Waals surface area contributed by atoms with Crippen molar-refractivity contribution in [2.45, 2.75) is 0 Å². The number of thiocarbonyl (C=S) groups is 1.